The molecule has 1 aromatic heterocycles. The van der Waals surface area contributed by atoms with Gasteiger partial charge in [-0.3, -0.25) is 5.10 Å². The highest BCUT2D eigenvalue weighted by molar-refractivity contribution is 9.10. The summed E-state index contributed by atoms with van der Waals surface area (Å²) in [6, 6.07) is 4.88. The van der Waals surface area contributed by atoms with Crippen molar-refractivity contribution in [3.8, 4) is 11.3 Å². The summed E-state index contributed by atoms with van der Waals surface area (Å²) in [6.07, 6.45) is 1.71. The zero-order chi connectivity index (χ0) is 12.4. The normalized spacial score (nSPS) is 10.8. The SMILES string of the molecule is CCCc1c(N)n[nH]c1-c1c(F)cccc1Br. The summed E-state index contributed by atoms with van der Waals surface area (Å²) in [5, 5.41) is 6.77. The minimum atomic E-state index is -0.291. The molecule has 0 spiro atoms. The van der Waals surface area contributed by atoms with E-state index in [2.05, 4.69) is 26.1 Å². The number of nitrogens with two attached hydrogens (primary N) is 1. The third-order valence-corrected chi connectivity index (χ3v) is 3.27. The fraction of sp³-hybridized carbons (Fsp3) is 0.250. The second-order valence-corrected chi connectivity index (χ2v) is 4.66. The summed E-state index contributed by atoms with van der Waals surface area (Å²) in [6.45, 7) is 2.05. The average molecular weight is 298 g/mol. The van der Waals surface area contributed by atoms with Crippen LogP contribution in [-0.4, -0.2) is 10.2 Å². The fourth-order valence-electron chi connectivity index (χ4n) is 1.83. The van der Waals surface area contributed by atoms with Gasteiger partial charge in [0.2, 0.25) is 0 Å². The number of nitrogens with zero attached hydrogens (tertiary/aromatic N) is 1. The molecular formula is C12H13BrFN3. The second kappa shape index (κ2) is 4.87. The zero-order valence-electron chi connectivity index (χ0n) is 9.43. The third kappa shape index (κ3) is 2.20. The Balaban J connectivity index is 2.60. The highest BCUT2D eigenvalue weighted by Crippen LogP contribution is 2.34. The van der Waals surface area contributed by atoms with E-state index in [0.29, 0.717) is 21.5 Å². The molecule has 90 valence electrons. The summed E-state index contributed by atoms with van der Waals surface area (Å²) in [4.78, 5) is 0. The quantitative estimate of drug-likeness (QED) is 0.911. The topological polar surface area (TPSA) is 54.7 Å². The van der Waals surface area contributed by atoms with Gasteiger partial charge in [-0.25, -0.2) is 4.39 Å². The number of aromatic amines is 1. The first-order valence-corrected chi connectivity index (χ1v) is 6.21. The van der Waals surface area contributed by atoms with Gasteiger partial charge in [-0.1, -0.05) is 19.4 Å². The molecule has 0 atom stereocenters. The van der Waals surface area contributed by atoms with Crippen LogP contribution in [0.3, 0.4) is 0 Å². The molecule has 5 heteroatoms. The predicted molar refractivity (Wildman–Crippen MR) is 70.1 cm³/mol. The zero-order valence-corrected chi connectivity index (χ0v) is 11.0. The first-order chi connectivity index (χ1) is 8.15. The molecule has 0 aliphatic rings. The first kappa shape index (κ1) is 12.1. The van der Waals surface area contributed by atoms with E-state index in [1.54, 1.807) is 12.1 Å². The van der Waals surface area contributed by atoms with E-state index in [4.69, 9.17) is 5.73 Å². The van der Waals surface area contributed by atoms with Gasteiger partial charge in [0.25, 0.3) is 0 Å². The van der Waals surface area contributed by atoms with Crippen molar-refractivity contribution in [2.45, 2.75) is 19.8 Å². The second-order valence-electron chi connectivity index (χ2n) is 3.81. The molecule has 3 N–H and O–H groups in total. The number of hydrogen-bond donors (Lipinski definition) is 2. The minimum absolute atomic E-state index is 0.291. The molecule has 2 rings (SSSR count). The smallest absolute Gasteiger partial charge is 0.149 e. The molecule has 0 radical (unpaired) electrons. The monoisotopic (exact) mass is 297 g/mol. The standard InChI is InChI=1S/C12H13BrFN3/c1-2-4-7-11(16-17-12(7)15)10-8(13)5-3-6-9(10)14/h3,5-6H,2,4H2,1H3,(H3,15,16,17). The van der Waals surface area contributed by atoms with Crippen LogP contribution < -0.4 is 5.73 Å². The van der Waals surface area contributed by atoms with Crippen molar-refractivity contribution in [2.75, 3.05) is 5.73 Å². The van der Waals surface area contributed by atoms with Crippen molar-refractivity contribution in [2.24, 2.45) is 0 Å². The number of aromatic nitrogens is 2. The first-order valence-electron chi connectivity index (χ1n) is 5.42. The molecule has 0 amide bonds. The Morgan fingerprint density at radius 3 is 2.88 bits per heavy atom. The molecule has 0 unspecified atom stereocenters. The van der Waals surface area contributed by atoms with E-state index in [-0.39, 0.29) is 5.82 Å². The third-order valence-electron chi connectivity index (χ3n) is 2.61. The van der Waals surface area contributed by atoms with Crippen molar-refractivity contribution < 1.29 is 4.39 Å². The van der Waals surface area contributed by atoms with Crippen LogP contribution in [-0.2, 0) is 6.42 Å². The van der Waals surface area contributed by atoms with Crippen molar-refractivity contribution in [1.82, 2.24) is 10.2 Å². The molecule has 2 aromatic rings. The molecule has 0 bridgehead atoms. The summed E-state index contributed by atoms with van der Waals surface area (Å²) >= 11 is 3.35. The summed E-state index contributed by atoms with van der Waals surface area (Å²) in [7, 11) is 0. The summed E-state index contributed by atoms with van der Waals surface area (Å²) < 4.78 is 14.5. The summed E-state index contributed by atoms with van der Waals surface area (Å²) in [5.74, 6) is 0.150. The Labute approximate surface area is 107 Å². The van der Waals surface area contributed by atoms with E-state index in [1.807, 2.05) is 6.92 Å². The Morgan fingerprint density at radius 1 is 1.47 bits per heavy atom. The van der Waals surface area contributed by atoms with Gasteiger partial charge in [0.05, 0.1) is 5.69 Å². The van der Waals surface area contributed by atoms with Crippen LogP contribution in [0.25, 0.3) is 11.3 Å². The lowest BCUT2D eigenvalue weighted by Crippen LogP contribution is -1.94. The van der Waals surface area contributed by atoms with E-state index in [9.17, 15) is 4.39 Å². The molecule has 0 aliphatic heterocycles. The molecule has 1 heterocycles. The van der Waals surface area contributed by atoms with Crippen molar-refractivity contribution in [3.63, 3.8) is 0 Å². The van der Waals surface area contributed by atoms with E-state index >= 15 is 0 Å². The number of H-pyrrole nitrogens is 1. The van der Waals surface area contributed by atoms with Gasteiger partial charge < -0.3 is 5.73 Å². The van der Waals surface area contributed by atoms with Crippen LogP contribution in [0.1, 0.15) is 18.9 Å². The van der Waals surface area contributed by atoms with Gasteiger partial charge in [0.1, 0.15) is 11.6 Å². The van der Waals surface area contributed by atoms with Gasteiger partial charge in [-0.2, -0.15) is 5.10 Å². The molecule has 1 aromatic carbocycles. The lowest BCUT2D eigenvalue weighted by molar-refractivity contribution is 0.629. The molecular weight excluding hydrogens is 285 g/mol. The highest BCUT2D eigenvalue weighted by atomic mass is 79.9. The minimum Gasteiger partial charge on any atom is -0.382 e. The number of nitrogens with one attached hydrogen (secondary N) is 1. The number of nitrogen functional groups attached to an aromatic ring is 1. The lowest BCUT2D eigenvalue weighted by atomic mass is 10.0. The van der Waals surface area contributed by atoms with Crippen LogP contribution in [0.2, 0.25) is 0 Å². The van der Waals surface area contributed by atoms with Gasteiger partial charge >= 0.3 is 0 Å². The van der Waals surface area contributed by atoms with Gasteiger partial charge in [0.15, 0.2) is 0 Å². The summed E-state index contributed by atoms with van der Waals surface area (Å²) in [5.41, 5.74) is 7.81. The molecule has 3 nitrogen and oxygen atoms in total. The molecule has 0 aliphatic carbocycles. The Hall–Kier alpha value is -1.36. The Morgan fingerprint density at radius 2 is 2.24 bits per heavy atom. The number of benzene rings is 1. The lowest BCUT2D eigenvalue weighted by Gasteiger charge is -2.06. The van der Waals surface area contributed by atoms with Gasteiger partial charge in [0, 0.05) is 15.6 Å². The van der Waals surface area contributed by atoms with Crippen LogP contribution in [0.15, 0.2) is 22.7 Å². The number of anilines is 1. The van der Waals surface area contributed by atoms with Crippen LogP contribution >= 0.6 is 15.9 Å². The molecule has 0 fully saturated rings. The molecule has 17 heavy (non-hydrogen) atoms. The fourth-order valence-corrected chi connectivity index (χ4v) is 2.37. The largest absolute Gasteiger partial charge is 0.382 e. The van der Waals surface area contributed by atoms with Crippen LogP contribution in [0, 0.1) is 5.82 Å². The Kier molecular flexibility index (Phi) is 3.47. The molecule has 0 saturated heterocycles. The average Bonchev–Trinajstić information content (AvgIpc) is 2.62. The van der Waals surface area contributed by atoms with Gasteiger partial charge in [-0.05, 0) is 34.5 Å². The highest BCUT2D eigenvalue weighted by Gasteiger charge is 2.17. The van der Waals surface area contributed by atoms with E-state index in [1.165, 1.54) is 6.07 Å². The van der Waals surface area contributed by atoms with Crippen LogP contribution in [0.5, 0.6) is 0 Å². The number of halogens is 2. The van der Waals surface area contributed by atoms with E-state index in [0.717, 1.165) is 18.4 Å². The van der Waals surface area contributed by atoms with Crippen molar-refractivity contribution >= 4 is 21.7 Å². The van der Waals surface area contributed by atoms with E-state index < -0.39 is 0 Å². The predicted octanol–water partition coefficient (Wildman–Crippen LogP) is 3.51. The maximum absolute atomic E-state index is 13.8. The van der Waals surface area contributed by atoms with Crippen molar-refractivity contribution in [1.29, 1.82) is 0 Å². The molecule has 0 saturated carbocycles. The maximum atomic E-state index is 13.8. The number of rotatable bonds is 3. The Bertz CT molecular complexity index is 516. The van der Waals surface area contributed by atoms with Crippen LogP contribution in [0.4, 0.5) is 10.2 Å². The van der Waals surface area contributed by atoms with Crippen molar-refractivity contribution in [3.05, 3.63) is 34.1 Å². The van der Waals surface area contributed by atoms with Gasteiger partial charge in [-0.15, -0.1) is 0 Å². The maximum Gasteiger partial charge on any atom is 0.149 e. The number of hydrogen-bond acceptors (Lipinski definition) is 2.